The first-order valence-corrected chi connectivity index (χ1v) is 8.87. The van der Waals surface area contributed by atoms with Gasteiger partial charge in [0.2, 0.25) is 5.89 Å². The number of pyridine rings is 2. The Labute approximate surface area is 161 Å². The summed E-state index contributed by atoms with van der Waals surface area (Å²) in [5.74, 6) is 0.752. The molecule has 28 heavy (non-hydrogen) atoms. The maximum absolute atomic E-state index is 12.2. The van der Waals surface area contributed by atoms with Crippen LogP contribution in [-0.4, -0.2) is 27.4 Å². The fourth-order valence-corrected chi connectivity index (χ4v) is 2.78. The summed E-state index contributed by atoms with van der Waals surface area (Å²) in [6, 6.07) is 13.3. The minimum absolute atomic E-state index is 0.128. The van der Waals surface area contributed by atoms with E-state index in [1.54, 1.807) is 18.6 Å². The molecule has 7 heteroatoms. The maximum atomic E-state index is 12.2. The summed E-state index contributed by atoms with van der Waals surface area (Å²) >= 11 is 0. The highest BCUT2D eigenvalue weighted by molar-refractivity contribution is 5.91. The van der Waals surface area contributed by atoms with Crippen molar-refractivity contribution in [2.24, 2.45) is 0 Å². The van der Waals surface area contributed by atoms with Crippen molar-refractivity contribution >= 4 is 16.7 Å². The number of carbonyl (C=O) groups excluding carboxylic acids is 1. The van der Waals surface area contributed by atoms with Gasteiger partial charge < -0.3 is 14.5 Å². The van der Waals surface area contributed by atoms with E-state index in [-0.39, 0.29) is 18.2 Å². The van der Waals surface area contributed by atoms with Gasteiger partial charge in [-0.1, -0.05) is 18.2 Å². The van der Waals surface area contributed by atoms with Crippen molar-refractivity contribution in [2.75, 3.05) is 6.54 Å². The number of oxazole rings is 1. The Bertz CT molecular complexity index is 1070. The second kappa shape index (κ2) is 8.30. The number of aromatic nitrogens is 3. The molecule has 140 valence electrons. The Morgan fingerprint density at radius 2 is 2.07 bits per heavy atom. The molecule has 0 saturated heterocycles. The smallest absolute Gasteiger partial charge is 0.273 e. The van der Waals surface area contributed by atoms with Crippen molar-refractivity contribution in [3.05, 3.63) is 84.6 Å². The molecule has 0 radical (unpaired) electrons. The number of ether oxygens (including phenoxy) is 1. The molecule has 4 rings (SSSR count). The lowest BCUT2D eigenvalue weighted by molar-refractivity contribution is 0.0949. The van der Waals surface area contributed by atoms with Gasteiger partial charge in [0.05, 0.1) is 0 Å². The first kappa shape index (κ1) is 17.7. The van der Waals surface area contributed by atoms with Crippen LogP contribution in [0.15, 0.2) is 71.7 Å². The minimum Gasteiger partial charge on any atom is -0.483 e. The number of fused-ring (bicyclic) bond motifs is 1. The zero-order valence-corrected chi connectivity index (χ0v) is 15.0. The Morgan fingerprint density at radius 1 is 1.11 bits per heavy atom. The molecule has 0 bridgehead atoms. The quantitative estimate of drug-likeness (QED) is 0.534. The molecule has 0 aliphatic carbocycles. The molecule has 4 aromatic rings. The second-order valence-corrected chi connectivity index (χ2v) is 6.10. The highest BCUT2D eigenvalue weighted by Gasteiger charge is 2.13. The average molecular weight is 374 g/mol. The van der Waals surface area contributed by atoms with Crippen LogP contribution >= 0.6 is 0 Å². The molecule has 0 aliphatic heterocycles. The monoisotopic (exact) mass is 374 g/mol. The van der Waals surface area contributed by atoms with Crippen LogP contribution in [-0.2, 0) is 13.0 Å². The summed E-state index contributed by atoms with van der Waals surface area (Å²) in [6.45, 7) is 0.598. The van der Waals surface area contributed by atoms with E-state index in [0.29, 0.717) is 24.6 Å². The van der Waals surface area contributed by atoms with E-state index in [0.717, 1.165) is 16.5 Å². The lowest BCUT2D eigenvalue weighted by Crippen LogP contribution is -2.26. The van der Waals surface area contributed by atoms with Crippen LogP contribution in [0.3, 0.4) is 0 Å². The lowest BCUT2D eigenvalue weighted by Gasteiger charge is -2.07. The number of nitrogens with one attached hydrogen (secondary N) is 1. The van der Waals surface area contributed by atoms with Gasteiger partial charge in [-0.2, -0.15) is 0 Å². The molecule has 1 N–H and O–H groups in total. The normalized spacial score (nSPS) is 10.7. The number of carbonyl (C=O) groups is 1. The largest absolute Gasteiger partial charge is 0.483 e. The van der Waals surface area contributed by atoms with Crippen LogP contribution in [0.25, 0.3) is 10.8 Å². The highest BCUT2D eigenvalue weighted by Crippen LogP contribution is 2.25. The van der Waals surface area contributed by atoms with Gasteiger partial charge in [-0.3, -0.25) is 14.8 Å². The van der Waals surface area contributed by atoms with E-state index in [1.807, 2.05) is 42.5 Å². The number of nitrogens with zero attached hydrogens (tertiary/aromatic N) is 3. The Balaban J connectivity index is 1.33. The van der Waals surface area contributed by atoms with E-state index in [1.165, 1.54) is 6.26 Å². The van der Waals surface area contributed by atoms with Gasteiger partial charge in [-0.15, -0.1) is 0 Å². The third kappa shape index (κ3) is 4.15. The molecule has 1 amide bonds. The summed E-state index contributed by atoms with van der Waals surface area (Å²) in [7, 11) is 0. The van der Waals surface area contributed by atoms with Gasteiger partial charge in [0.15, 0.2) is 12.3 Å². The van der Waals surface area contributed by atoms with E-state index in [4.69, 9.17) is 9.15 Å². The maximum Gasteiger partial charge on any atom is 0.273 e. The van der Waals surface area contributed by atoms with Gasteiger partial charge in [-0.25, -0.2) is 4.98 Å². The molecule has 0 aliphatic rings. The molecular formula is C21H18N4O3. The summed E-state index contributed by atoms with van der Waals surface area (Å²) in [4.78, 5) is 24.7. The van der Waals surface area contributed by atoms with Gasteiger partial charge in [0.25, 0.3) is 5.91 Å². The Morgan fingerprint density at radius 3 is 2.96 bits per heavy atom. The summed E-state index contributed by atoms with van der Waals surface area (Å²) in [5, 5.41) is 4.75. The van der Waals surface area contributed by atoms with Crippen molar-refractivity contribution < 1.29 is 13.9 Å². The standard InChI is InChI=1S/C21H18N4O3/c26-21(24-11-7-16-5-1-2-9-23-16)18-13-28-20(25-18)14-27-19-6-3-4-15-12-22-10-8-17(15)19/h1-6,8-10,12-13H,7,11,14H2,(H,24,26). The fourth-order valence-electron chi connectivity index (χ4n) is 2.78. The molecule has 0 fully saturated rings. The van der Waals surface area contributed by atoms with E-state index in [2.05, 4.69) is 20.3 Å². The fraction of sp³-hybridized carbons (Fsp3) is 0.143. The third-order valence-corrected chi connectivity index (χ3v) is 4.17. The molecule has 0 saturated carbocycles. The van der Waals surface area contributed by atoms with Crippen LogP contribution in [0.2, 0.25) is 0 Å². The van der Waals surface area contributed by atoms with E-state index in [9.17, 15) is 4.79 Å². The Kier molecular flexibility index (Phi) is 5.24. The zero-order valence-electron chi connectivity index (χ0n) is 15.0. The van der Waals surface area contributed by atoms with Crippen LogP contribution in [0.5, 0.6) is 5.75 Å². The van der Waals surface area contributed by atoms with E-state index < -0.39 is 0 Å². The number of amides is 1. The molecule has 1 aromatic carbocycles. The van der Waals surface area contributed by atoms with Crippen molar-refractivity contribution in [1.29, 1.82) is 0 Å². The van der Waals surface area contributed by atoms with Crippen LogP contribution < -0.4 is 10.1 Å². The molecule has 3 aromatic heterocycles. The summed E-state index contributed by atoms with van der Waals surface area (Å²) in [5.41, 5.74) is 1.14. The van der Waals surface area contributed by atoms with Crippen LogP contribution in [0.4, 0.5) is 0 Å². The first-order valence-electron chi connectivity index (χ1n) is 8.87. The summed E-state index contributed by atoms with van der Waals surface area (Å²) < 4.78 is 11.2. The minimum atomic E-state index is -0.290. The van der Waals surface area contributed by atoms with Crippen molar-refractivity contribution in [2.45, 2.75) is 13.0 Å². The SMILES string of the molecule is O=C(NCCc1ccccn1)c1coc(COc2cccc3cnccc23)n1. The predicted octanol–water partition coefficient (Wildman–Crippen LogP) is 3.17. The van der Waals surface area contributed by atoms with Crippen molar-refractivity contribution in [1.82, 2.24) is 20.3 Å². The Hall–Kier alpha value is -3.74. The molecule has 7 nitrogen and oxygen atoms in total. The predicted molar refractivity (Wildman–Crippen MR) is 103 cm³/mol. The topological polar surface area (TPSA) is 90.1 Å². The van der Waals surface area contributed by atoms with Crippen LogP contribution in [0, 0.1) is 0 Å². The molecule has 0 atom stereocenters. The average Bonchev–Trinajstić information content (AvgIpc) is 3.22. The van der Waals surface area contributed by atoms with E-state index >= 15 is 0 Å². The number of hydrogen-bond acceptors (Lipinski definition) is 6. The third-order valence-electron chi connectivity index (χ3n) is 4.17. The summed E-state index contributed by atoms with van der Waals surface area (Å²) in [6.07, 6.45) is 7.21. The first-order chi connectivity index (χ1) is 13.8. The van der Waals surface area contributed by atoms with Gasteiger partial charge in [0.1, 0.15) is 12.0 Å². The molecule has 3 heterocycles. The highest BCUT2D eigenvalue weighted by atomic mass is 16.5. The van der Waals surface area contributed by atoms with Crippen LogP contribution in [0.1, 0.15) is 22.1 Å². The number of benzene rings is 1. The van der Waals surface area contributed by atoms with Gasteiger partial charge >= 0.3 is 0 Å². The van der Waals surface area contributed by atoms with Gasteiger partial charge in [0, 0.05) is 48.0 Å². The van der Waals surface area contributed by atoms with Gasteiger partial charge in [-0.05, 0) is 24.3 Å². The zero-order chi connectivity index (χ0) is 19.2. The van der Waals surface area contributed by atoms with Crippen molar-refractivity contribution in [3.63, 3.8) is 0 Å². The lowest BCUT2D eigenvalue weighted by atomic mass is 10.1. The number of rotatable bonds is 7. The van der Waals surface area contributed by atoms with Crippen molar-refractivity contribution in [3.8, 4) is 5.75 Å². The molecule has 0 unspecified atom stereocenters. The second-order valence-electron chi connectivity index (χ2n) is 6.10. The number of hydrogen-bond donors (Lipinski definition) is 1. The molecular weight excluding hydrogens is 356 g/mol. The molecule has 0 spiro atoms.